The first-order valence-corrected chi connectivity index (χ1v) is 9.61. The van der Waals surface area contributed by atoms with Crippen molar-refractivity contribution in [3.8, 4) is 5.82 Å². The molecule has 0 aliphatic rings. The lowest BCUT2D eigenvalue weighted by Crippen LogP contribution is -2.31. The van der Waals surface area contributed by atoms with Gasteiger partial charge in [-0.15, -0.1) is 0 Å². The first kappa shape index (κ1) is 21.2. The number of aromatic nitrogens is 3. The minimum absolute atomic E-state index is 0.0239. The summed E-state index contributed by atoms with van der Waals surface area (Å²) in [5, 5.41) is 7.47. The molecule has 0 radical (unpaired) electrons. The number of nitrogens with zero attached hydrogens (tertiary/aromatic N) is 3. The van der Waals surface area contributed by atoms with Crippen molar-refractivity contribution in [3.63, 3.8) is 0 Å². The van der Waals surface area contributed by atoms with Crippen LogP contribution < -0.4 is 22.3 Å². The maximum Gasteiger partial charge on any atom is 0.274 e. The molecule has 3 rings (SSSR count). The molecular weight excluding hydrogens is 485 g/mol. The Morgan fingerprint density at radius 3 is 2.62 bits per heavy atom. The fraction of sp³-hybridized carbons (Fsp3) is 0.0588. The van der Waals surface area contributed by atoms with Crippen LogP contribution in [0.2, 0.25) is 10.0 Å². The Labute approximate surface area is 183 Å². The number of hydrazine groups is 1. The fourth-order valence-corrected chi connectivity index (χ4v) is 3.43. The van der Waals surface area contributed by atoms with E-state index in [1.165, 1.54) is 23.0 Å². The third-order valence-corrected chi connectivity index (χ3v) is 4.77. The molecule has 2 heterocycles. The molecule has 0 aliphatic heterocycles. The number of carbonyl (C=O) groups excluding carboxylic acids is 2. The van der Waals surface area contributed by atoms with Crippen molar-refractivity contribution < 1.29 is 9.59 Å². The van der Waals surface area contributed by atoms with Crippen LogP contribution in [-0.2, 0) is 6.54 Å². The van der Waals surface area contributed by atoms with E-state index < -0.39 is 11.8 Å². The molecule has 9 nitrogen and oxygen atoms in total. The van der Waals surface area contributed by atoms with Gasteiger partial charge in [-0.1, -0.05) is 23.2 Å². The first-order valence-electron chi connectivity index (χ1n) is 8.07. The molecule has 0 atom stereocenters. The quantitative estimate of drug-likeness (QED) is 0.242. The van der Waals surface area contributed by atoms with E-state index in [9.17, 15) is 9.59 Å². The number of pyridine rings is 1. The lowest BCUT2D eigenvalue weighted by molar-refractivity contribution is 0.0954. The molecule has 0 saturated carbocycles. The number of nitrogen functional groups attached to an aromatic ring is 1. The number of nitrogens with two attached hydrogens (primary N) is 2. The van der Waals surface area contributed by atoms with Crippen molar-refractivity contribution in [2.24, 2.45) is 11.6 Å². The second-order valence-electron chi connectivity index (χ2n) is 5.69. The minimum Gasteiger partial charge on any atom is -0.326 e. The van der Waals surface area contributed by atoms with Crippen LogP contribution in [0, 0.1) is 0 Å². The molecule has 0 aliphatic carbocycles. The van der Waals surface area contributed by atoms with E-state index in [4.69, 9.17) is 34.8 Å². The maximum absolute atomic E-state index is 13.0. The van der Waals surface area contributed by atoms with E-state index >= 15 is 0 Å². The van der Waals surface area contributed by atoms with Crippen molar-refractivity contribution in [2.75, 3.05) is 5.32 Å². The number of hydrogen-bond acceptors (Lipinski definition) is 6. The number of rotatable bonds is 5. The Bertz CT molecular complexity index is 1100. The van der Waals surface area contributed by atoms with E-state index in [1.807, 2.05) is 5.43 Å². The summed E-state index contributed by atoms with van der Waals surface area (Å²) >= 11 is 15.5. The molecule has 29 heavy (non-hydrogen) atoms. The first-order chi connectivity index (χ1) is 13.8. The van der Waals surface area contributed by atoms with Crippen LogP contribution in [-0.4, -0.2) is 26.6 Å². The number of nitrogens with one attached hydrogen (secondary N) is 2. The smallest absolute Gasteiger partial charge is 0.274 e. The Morgan fingerprint density at radius 2 is 1.97 bits per heavy atom. The molecule has 0 saturated heterocycles. The summed E-state index contributed by atoms with van der Waals surface area (Å²) in [7, 11) is 0. The second-order valence-corrected chi connectivity index (χ2v) is 7.35. The van der Waals surface area contributed by atoms with E-state index in [0.717, 1.165) is 0 Å². The van der Waals surface area contributed by atoms with Gasteiger partial charge in [0.05, 0.1) is 16.3 Å². The molecule has 0 unspecified atom stereocenters. The zero-order valence-corrected chi connectivity index (χ0v) is 17.7. The third-order valence-electron chi connectivity index (χ3n) is 3.87. The van der Waals surface area contributed by atoms with E-state index in [0.29, 0.717) is 15.2 Å². The van der Waals surface area contributed by atoms with Crippen LogP contribution in [0.15, 0.2) is 41.1 Å². The van der Waals surface area contributed by atoms with Gasteiger partial charge in [0.15, 0.2) is 5.82 Å². The highest BCUT2D eigenvalue weighted by Gasteiger charge is 2.22. The maximum atomic E-state index is 13.0. The third kappa shape index (κ3) is 4.41. The molecule has 150 valence electrons. The van der Waals surface area contributed by atoms with Crippen LogP contribution in [0.25, 0.3) is 5.82 Å². The summed E-state index contributed by atoms with van der Waals surface area (Å²) in [6, 6.07) is 7.69. The summed E-state index contributed by atoms with van der Waals surface area (Å²) in [4.78, 5) is 29.4. The summed E-state index contributed by atoms with van der Waals surface area (Å²) in [6.45, 7) is 0.0239. The van der Waals surface area contributed by atoms with Gasteiger partial charge in [-0.25, -0.2) is 15.5 Å². The number of amides is 2. The topological polar surface area (TPSA) is 141 Å². The Balaban J connectivity index is 2.07. The molecule has 0 bridgehead atoms. The van der Waals surface area contributed by atoms with Crippen LogP contribution >= 0.6 is 39.1 Å². The van der Waals surface area contributed by atoms with Gasteiger partial charge in [0.25, 0.3) is 11.8 Å². The standard InChI is InChI=1S/C17H14BrCl2N7O2/c18-13-6-12(27(26-13)15-11(20)2-1-3-23-15)17(29)24-14-8(7-21)4-9(19)5-10(14)16(28)25-22/h1-6H,7,21-22H2,(H,24,29)(H,25,28). The highest BCUT2D eigenvalue weighted by molar-refractivity contribution is 9.10. The zero-order chi connectivity index (χ0) is 21.1. The molecule has 12 heteroatoms. The molecule has 0 fully saturated rings. The number of halogens is 3. The highest BCUT2D eigenvalue weighted by Crippen LogP contribution is 2.28. The Morgan fingerprint density at radius 1 is 1.21 bits per heavy atom. The van der Waals surface area contributed by atoms with E-state index in [2.05, 4.69) is 31.3 Å². The SMILES string of the molecule is NCc1cc(Cl)cc(C(=O)NN)c1NC(=O)c1cc(Br)nn1-c1ncccc1Cl. The van der Waals surface area contributed by atoms with Crippen LogP contribution in [0.4, 0.5) is 5.69 Å². The van der Waals surface area contributed by atoms with E-state index in [-0.39, 0.29) is 34.3 Å². The normalized spacial score (nSPS) is 10.7. The fourth-order valence-electron chi connectivity index (χ4n) is 2.61. The molecule has 0 spiro atoms. The summed E-state index contributed by atoms with van der Waals surface area (Å²) < 4.78 is 1.67. The van der Waals surface area contributed by atoms with Crippen molar-refractivity contribution in [1.82, 2.24) is 20.2 Å². The van der Waals surface area contributed by atoms with Gasteiger partial charge in [-0.05, 0) is 45.8 Å². The summed E-state index contributed by atoms with van der Waals surface area (Å²) in [5.41, 5.74) is 8.60. The van der Waals surface area contributed by atoms with Crippen LogP contribution in [0.3, 0.4) is 0 Å². The monoisotopic (exact) mass is 497 g/mol. The average Bonchev–Trinajstić information content (AvgIpc) is 3.10. The summed E-state index contributed by atoms with van der Waals surface area (Å²) in [5.74, 6) is 4.30. The number of hydrogen-bond donors (Lipinski definition) is 4. The Hall–Kier alpha value is -2.50. The lowest BCUT2D eigenvalue weighted by Gasteiger charge is -2.15. The van der Waals surface area contributed by atoms with Crippen molar-refractivity contribution in [2.45, 2.75) is 6.54 Å². The number of carbonyl (C=O) groups is 2. The molecule has 3 aromatic rings. The predicted molar refractivity (Wildman–Crippen MR) is 113 cm³/mol. The van der Waals surface area contributed by atoms with Gasteiger partial charge in [0.2, 0.25) is 0 Å². The van der Waals surface area contributed by atoms with Crippen LogP contribution in [0.5, 0.6) is 0 Å². The molecular formula is C17H14BrCl2N7O2. The highest BCUT2D eigenvalue weighted by atomic mass is 79.9. The zero-order valence-electron chi connectivity index (χ0n) is 14.6. The van der Waals surface area contributed by atoms with Crippen LogP contribution in [0.1, 0.15) is 26.4 Å². The lowest BCUT2D eigenvalue weighted by atomic mass is 10.1. The molecule has 1 aromatic carbocycles. The van der Waals surface area contributed by atoms with Crippen molar-refractivity contribution in [1.29, 1.82) is 0 Å². The van der Waals surface area contributed by atoms with Gasteiger partial charge in [-0.3, -0.25) is 15.0 Å². The van der Waals surface area contributed by atoms with Gasteiger partial charge in [-0.2, -0.15) is 5.10 Å². The van der Waals surface area contributed by atoms with Crippen molar-refractivity contribution >= 4 is 56.6 Å². The Kier molecular flexibility index (Phi) is 6.50. The molecule has 2 amide bonds. The predicted octanol–water partition coefficient (Wildman–Crippen LogP) is 2.65. The summed E-state index contributed by atoms with van der Waals surface area (Å²) in [6.07, 6.45) is 1.52. The van der Waals surface area contributed by atoms with Gasteiger partial charge in [0.1, 0.15) is 10.3 Å². The van der Waals surface area contributed by atoms with Gasteiger partial charge >= 0.3 is 0 Å². The molecule has 2 aromatic heterocycles. The molecule has 6 N–H and O–H groups in total. The number of benzene rings is 1. The van der Waals surface area contributed by atoms with Gasteiger partial charge in [0, 0.05) is 23.8 Å². The number of anilines is 1. The van der Waals surface area contributed by atoms with Gasteiger partial charge < -0.3 is 11.1 Å². The van der Waals surface area contributed by atoms with Crippen molar-refractivity contribution in [3.05, 3.63) is 68.0 Å². The average molecular weight is 499 g/mol. The second kappa shape index (κ2) is 8.89. The van der Waals surface area contributed by atoms with E-state index in [1.54, 1.807) is 18.2 Å². The minimum atomic E-state index is -0.639. The largest absolute Gasteiger partial charge is 0.326 e.